The van der Waals surface area contributed by atoms with Crippen LogP contribution in [0, 0.1) is 0 Å². The molecule has 7 heteroatoms. The quantitative estimate of drug-likeness (QED) is 0.491. The normalized spacial score (nSPS) is 19.8. The van der Waals surface area contributed by atoms with Crippen LogP contribution in [0.2, 0.25) is 0 Å². The lowest BCUT2D eigenvalue weighted by Gasteiger charge is -2.36. The van der Waals surface area contributed by atoms with Gasteiger partial charge in [-0.1, -0.05) is 36.4 Å². The number of benzene rings is 1. The Morgan fingerprint density at radius 2 is 1.89 bits per heavy atom. The van der Waals surface area contributed by atoms with Gasteiger partial charge in [0.25, 0.3) is 0 Å². The highest BCUT2D eigenvalue weighted by molar-refractivity contribution is 5.93. The van der Waals surface area contributed by atoms with Crippen molar-refractivity contribution in [3.05, 3.63) is 54.4 Å². The highest BCUT2D eigenvalue weighted by Crippen LogP contribution is 2.31. The molecule has 1 aromatic carbocycles. The summed E-state index contributed by atoms with van der Waals surface area (Å²) in [5.41, 5.74) is 0.00606. The van der Waals surface area contributed by atoms with Gasteiger partial charge in [0.1, 0.15) is 5.60 Å². The van der Waals surface area contributed by atoms with E-state index in [9.17, 15) is 9.59 Å². The van der Waals surface area contributed by atoms with Crippen molar-refractivity contribution in [2.45, 2.75) is 38.5 Å². The Bertz CT molecular complexity index is 831. The fourth-order valence-corrected chi connectivity index (χ4v) is 3.07. The van der Waals surface area contributed by atoms with Crippen LogP contribution in [0.3, 0.4) is 0 Å². The Hall–Kier alpha value is -2.77. The van der Waals surface area contributed by atoms with Gasteiger partial charge in [-0.15, -0.1) is 0 Å². The predicted octanol–water partition coefficient (Wildman–Crippen LogP) is 2.57. The third-order valence-corrected chi connectivity index (χ3v) is 4.33. The number of pyridine rings is 1. The zero-order valence-corrected chi connectivity index (χ0v) is 15.7. The van der Waals surface area contributed by atoms with Gasteiger partial charge in [-0.3, -0.25) is 15.1 Å². The molecule has 1 aromatic heterocycles. The third kappa shape index (κ3) is 3.70. The molecule has 1 atom stereocenters. The van der Waals surface area contributed by atoms with Crippen molar-refractivity contribution in [1.29, 1.82) is 0 Å². The van der Waals surface area contributed by atoms with Crippen LogP contribution < -0.4 is 11.2 Å². The number of Topliss-reactive ketones (excluding diaryl/α,β-unsaturated/α-hetero) is 1. The number of rotatable bonds is 3. The highest BCUT2D eigenvalue weighted by atomic mass is 16.6. The average Bonchev–Trinajstić information content (AvgIpc) is 3.03. The van der Waals surface area contributed by atoms with Gasteiger partial charge >= 0.3 is 6.09 Å². The second kappa shape index (κ2) is 7.09. The number of nitrogens with zero attached hydrogens (tertiary/aromatic N) is 2. The number of hydrogen-bond donors (Lipinski definition) is 2. The molecule has 0 radical (unpaired) electrons. The SMILES string of the molecule is CC(C)(C)OC(=O)N(N)C1(c2ccc(-c3ccccc3)cn2)NCCC1=O. The van der Waals surface area contributed by atoms with Crippen LogP contribution in [-0.4, -0.2) is 34.0 Å². The third-order valence-electron chi connectivity index (χ3n) is 4.33. The van der Waals surface area contributed by atoms with Crippen molar-refractivity contribution in [3.63, 3.8) is 0 Å². The summed E-state index contributed by atoms with van der Waals surface area (Å²) in [6, 6.07) is 13.3. The molecule has 2 heterocycles. The molecule has 1 aliphatic heterocycles. The highest BCUT2D eigenvalue weighted by Gasteiger charge is 2.52. The number of carbonyl (C=O) groups excluding carboxylic acids is 2. The number of hydrogen-bond acceptors (Lipinski definition) is 6. The Morgan fingerprint density at radius 3 is 2.41 bits per heavy atom. The van der Waals surface area contributed by atoms with E-state index in [0.29, 0.717) is 12.2 Å². The van der Waals surface area contributed by atoms with E-state index in [0.717, 1.165) is 16.1 Å². The van der Waals surface area contributed by atoms with E-state index in [-0.39, 0.29) is 12.2 Å². The molecule has 3 N–H and O–H groups in total. The Kier molecular flexibility index (Phi) is 4.99. The number of carbonyl (C=O) groups is 2. The van der Waals surface area contributed by atoms with Crippen molar-refractivity contribution in [2.75, 3.05) is 6.54 Å². The lowest BCUT2D eigenvalue weighted by molar-refractivity contribution is -0.130. The molecule has 27 heavy (non-hydrogen) atoms. The van der Waals surface area contributed by atoms with E-state index >= 15 is 0 Å². The van der Waals surface area contributed by atoms with Gasteiger partial charge in [-0.05, 0) is 32.4 Å². The second-order valence-electron chi connectivity index (χ2n) is 7.46. The van der Waals surface area contributed by atoms with Gasteiger partial charge in [0.05, 0.1) is 5.69 Å². The number of aromatic nitrogens is 1. The zero-order chi connectivity index (χ0) is 19.7. The largest absolute Gasteiger partial charge is 0.443 e. The number of ketones is 1. The molecule has 0 bridgehead atoms. The molecule has 0 spiro atoms. The van der Waals surface area contributed by atoms with E-state index in [1.54, 1.807) is 33.0 Å². The van der Waals surface area contributed by atoms with Crippen LogP contribution >= 0.6 is 0 Å². The minimum atomic E-state index is -1.53. The molecule has 142 valence electrons. The fraction of sp³-hybridized carbons (Fsp3) is 0.350. The van der Waals surface area contributed by atoms with Crippen molar-refractivity contribution < 1.29 is 14.3 Å². The minimum Gasteiger partial charge on any atom is -0.443 e. The number of hydrazine groups is 1. The predicted molar refractivity (Wildman–Crippen MR) is 101 cm³/mol. The van der Waals surface area contributed by atoms with E-state index in [1.807, 2.05) is 36.4 Å². The van der Waals surface area contributed by atoms with Crippen LogP contribution in [0.25, 0.3) is 11.1 Å². The smallest absolute Gasteiger partial charge is 0.427 e. The first-order valence-electron chi connectivity index (χ1n) is 8.82. The molecular weight excluding hydrogens is 344 g/mol. The monoisotopic (exact) mass is 368 g/mol. The summed E-state index contributed by atoms with van der Waals surface area (Å²) >= 11 is 0. The van der Waals surface area contributed by atoms with Gasteiger partial charge < -0.3 is 4.74 Å². The topological polar surface area (TPSA) is 97.6 Å². The summed E-state index contributed by atoms with van der Waals surface area (Å²) in [6.45, 7) is 5.62. The first kappa shape index (κ1) is 19.0. The van der Waals surface area contributed by atoms with Crippen molar-refractivity contribution >= 4 is 11.9 Å². The Labute approximate surface area is 158 Å². The van der Waals surface area contributed by atoms with Gasteiger partial charge in [-0.2, -0.15) is 0 Å². The summed E-state index contributed by atoms with van der Waals surface area (Å²) < 4.78 is 5.34. The van der Waals surface area contributed by atoms with Crippen LogP contribution in [0.4, 0.5) is 4.79 Å². The van der Waals surface area contributed by atoms with Crippen LogP contribution in [0.15, 0.2) is 48.7 Å². The summed E-state index contributed by atoms with van der Waals surface area (Å²) in [5.74, 6) is 5.85. The van der Waals surface area contributed by atoms with E-state index in [2.05, 4.69) is 10.3 Å². The van der Waals surface area contributed by atoms with Gasteiger partial charge in [-0.25, -0.2) is 15.6 Å². The summed E-state index contributed by atoms with van der Waals surface area (Å²) in [4.78, 5) is 29.7. The molecule has 1 aliphatic rings. The zero-order valence-electron chi connectivity index (χ0n) is 15.7. The van der Waals surface area contributed by atoms with Crippen LogP contribution in [0.5, 0.6) is 0 Å². The minimum absolute atomic E-state index is 0.226. The van der Waals surface area contributed by atoms with Gasteiger partial charge in [0, 0.05) is 24.7 Å². The fourth-order valence-electron chi connectivity index (χ4n) is 3.07. The molecule has 1 unspecified atom stereocenters. The maximum absolute atomic E-state index is 12.7. The molecule has 0 aliphatic carbocycles. The van der Waals surface area contributed by atoms with E-state index in [1.165, 1.54) is 0 Å². The molecule has 3 rings (SSSR count). The number of ether oxygens (including phenoxy) is 1. The molecule has 2 aromatic rings. The first-order valence-corrected chi connectivity index (χ1v) is 8.82. The number of nitrogens with two attached hydrogens (primary N) is 1. The van der Waals surface area contributed by atoms with E-state index in [4.69, 9.17) is 10.6 Å². The van der Waals surface area contributed by atoms with Gasteiger partial charge in [0.2, 0.25) is 5.66 Å². The maximum Gasteiger partial charge on any atom is 0.427 e. The first-order chi connectivity index (χ1) is 12.7. The molecule has 1 fully saturated rings. The standard InChI is InChI=1S/C20H24N4O3/c1-19(2,3)27-18(26)24(21)20(17(25)11-12-23-20)16-10-9-15(13-22-16)14-7-5-4-6-8-14/h4-10,13,23H,11-12,21H2,1-3H3. The van der Waals surface area contributed by atoms with Crippen LogP contribution in [-0.2, 0) is 15.2 Å². The Morgan fingerprint density at radius 1 is 1.19 bits per heavy atom. The summed E-state index contributed by atoms with van der Waals surface area (Å²) in [6.07, 6.45) is 1.13. The molecule has 7 nitrogen and oxygen atoms in total. The summed E-state index contributed by atoms with van der Waals surface area (Å²) in [5, 5.41) is 3.87. The maximum atomic E-state index is 12.7. The molecule has 0 saturated carbocycles. The second-order valence-corrected chi connectivity index (χ2v) is 7.46. The molecular formula is C20H24N4O3. The van der Waals surface area contributed by atoms with Crippen molar-refractivity contribution in [2.24, 2.45) is 5.84 Å². The van der Waals surface area contributed by atoms with Crippen molar-refractivity contribution in [1.82, 2.24) is 15.3 Å². The van der Waals surface area contributed by atoms with Crippen LogP contribution in [0.1, 0.15) is 32.9 Å². The summed E-state index contributed by atoms with van der Waals surface area (Å²) in [7, 11) is 0. The van der Waals surface area contributed by atoms with Crippen molar-refractivity contribution in [3.8, 4) is 11.1 Å². The molecule has 1 amide bonds. The number of amides is 1. The van der Waals surface area contributed by atoms with Gasteiger partial charge in [0.15, 0.2) is 5.78 Å². The molecule has 1 saturated heterocycles. The lowest BCUT2D eigenvalue weighted by atomic mass is 9.99. The average molecular weight is 368 g/mol. The number of nitrogens with one attached hydrogen (secondary N) is 1. The van der Waals surface area contributed by atoms with E-state index < -0.39 is 17.4 Å². The Balaban J connectivity index is 1.96. The lowest BCUT2D eigenvalue weighted by Crippen LogP contribution is -2.63.